The summed E-state index contributed by atoms with van der Waals surface area (Å²) in [4.78, 5) is 34.0. The quantitative estimate of drug-likeness (QED) is 0.247. The number of amides is 1. The molecule has 6 aromatic rings. The van der Waals surface area contributed by atoms with E-state index in [1.807, 2.05) is 65.0 Å². The van der Waals surface area contributed by atoms with E-state index in [-0.39, 0.29) is 41.7 Å². The lowest BCUT2D eigenvalue weighted by Gasteiger charge is -2.40. The first-order valence-corrected chi connectivity index (χ1v) is 15.2. The van der Waals surface area contributed by atoms with Gasteiger partial charge < -0.3 is 24.4 Å². The lowest BCUT2D eigenvalue weighted by atomic mass is 10.00. The highest BCUT2D eigenvalue weighted by Gasteiger charge is 2.43. The maximum absolute atomic E-state index is 16.6. The molecule has 0 radical (unpaired) electrons. The van der Waals surface area contributed by atoms with Gasteiger partial charge in [0.2, 0.25) is 0 Å². The highest BCUT2D eigenvalue weighted by molar-refractivity contribution is 6.00. The van der Waals surface area contributed by atoms with Gasteiger partial charge in [0.25, 0.3) is 0 Å². The number of halogens is 1. The molecular weight excluding hydrogens is 589 g/mol. The van der Waals surface area contributed by atoms with Crippen molar-refractivity contribution in [2.24, 2.45) is 7.05 Å². The Balaban J connectivity index is 1.20. The smallest absolute Gasteiger partial charge is 0.407 e. The third kappa shape index (κ3) is 4.59. The predicted molar refractivity (Wildman–Crippen MR) is 171 cm³/mol. The number of aromatic hydroxyl groups is 1. The summed E-state index contributed by atoms with van der Waals surface area (Å²) in [5.41, 5.74) is 2.42. The number of benzene rings is 3. The number of para-hydroxylation sites is 2. The van der Waals surface area contributed by atoms with E-state index < -0.39 is 11.9 Å². The average molecular weight is 620 g/mol. The molecular formula is C34H30FN7O4. The van der Waals surface area contributed by atoms with Crippen LogP contribution in [0.15, 0.2) is 66.9 Å². The monoisotopic (exact) mass is 619 g/mol. The Morgan fingerprint density at radius 3 is 2.54 bits per heavy atom. The number of anilines is 1. The Kier molecular flexibility index (Phi) is 6.59. The molecule has 2 aliphatic rings. The van der Waals surface area contributed by atoms with Crippen LogP contribution < -0.4 is 9.64 Å². The van der Waals surface area contributed by atoms with Crippen LogP contribution in [0.25, 0.3) is 44.0 Å². The first-order valence-electron chi connectivity index (χ1n) is 15.2. The van der Waals surface area contributed by atoms with E-state index in [0.717, 1.165) is 40.5 Å². The number of carbonyl (C=O) groups is 1. The highest BCUT2D eigenvalue weighted by Crippen LogP contribution is 2.39. The molecule has 2 bridgehead atoms. The van der Waals surface area contributed by atoms with Crippen LogP contribution in [-0.4, -0.2) is 77.5 Å². The second-order valence-electron chi connectivity index (χ2n) is 11.9. The van der Waals surface area contributed by atoms with E-state index in [2.05, 4.69) is 9.97 Å². The molecule has 8 rings (SSSR count). The number of aromatic nitrogens is 5. The van der Waals surface area contributed by atoms with Crippen molar-refractivity contribution in [1.82, 2.24) is 29.4 Å². The molecule has 0 aliphatic carbocycles. The summed E-state index contributed by atoms with van der Waals surface area (Å²) < 4.78 is 24.7. The van der Waals surface area contributed by atoms with E-state index in [9.17, 15) is 15.0 Å². The van der Waals surface area contributed by atoms with Gasteiger partial charge in [-0.2, -0.15) is 9.97 Å². The second-order valence-corrected chi connectivity index (χ2v) is 11.9. The maximum atomic E-state index is 16.6. The van der Waals surface area contributed by atoms with Crippen molar-refractivity contribution in [3.8, 4) is 23.0 Å². The van der Waals surface area contributed by atoms with E-state index in [0.29, 0.717) is 36.3 Å². The fraction of sp³-hybridized carbons (Fsp3) is 0.265. The Bertz CT molecular complexity index is 2160. The lowest BCUT2D eigenvalue weighted by molar-refractivity contribution is 0.114. The Morgan fingerprint density at radius 1 is 1.00 bits per heavy atom. The number of hydrogen-bond donors (Lipinski definition) is 2. The molecule has 2 saturated heterocycles. The van der Waals surface area contributed by atoms with Crippen molar-refractivity contribution in [1.29, 1.82) is 0 Å². The van der Waals surface area contributed by atoms with Crippen molar-refractivity contribution in [2.45, 2.75) is 31.3 Å². The lowest BCUT2D eigenvalue weighted by Crippen LogP contribution is -2.55. The Labute approximate surface area is 262 Å². The third-order valence-electron chi connectivity index (χ3n) is 9.18. The average Bonchev–Trinajstić information content (AvgIpc) is 3.52. The van der Waals surface area contributed by atoms with Gasteiger partial charge in [-0.1, -0.05) is 36.4 Å². The number of phenols is 1. The van der Waals surface area contributed by atoms with Gasteiger partial charge in [0.05, 0.1) is 35.1 Å². The molecule has 46 heavy (non-hydrogen) atoms. The number of pyridine rings is 1. The number of piperazine rings is 1. The van der Waals surface area contributed by atoms with Crippen LogP contribution in [0.3, 0.4) is 0 Å². The number of aryl methyl sites for hydroxylation is 1. The maximum Gasteiger partial charge on any atom is 0.407 e. The highest BCUT2D eigenvalue weighted by atomic mass is 19.1. The van der Waals surface area contributed by atoms with Crippen molar-refractivity contribution in [2.75, 3.05) is 24.6 Å². The summed E-state index contributed by atoms with van der Waals surface area (Å²) in [5.74, 6) is 0.612. The van der Waals surface area contributed by atoms with Crippen LogP contribution in [0.5, 0.6) is 11.8 Å². The van der Waals surface area contributed by atoms with Crippen LogP contribution in [0.4, 0.5) is 15.0 Å². The number of fused-ring (bicyclic) bond motifs is 5. The van der Waals surface area contributed by atoms with Crippen molar-refractivity contribution in [3.05, 3.63) is 78.5 Å². The molecule has 5 heterocycles. The molecule has 0 unspecified atom stereocenters. The first kappa shape index (κ1) is 28.0. The number of nitrogens with zero attached hydrogens (tertiary/aromatic N) is 7. The predicted octanol–water partition coefficient (Wildman–Crippen LogP) is 5.53. The van der Waals surface area contributed by atoms with Crippen LogP contribution in [-0.2, 0) is 13.5 Å². The summed E-state index contributed by atoms with van der Waals surface area (Å²) in [5, 5.41) is 22.1. The zero-order valence-electron chi connectivity index (χ0n) is 25.0. The standard InChI is InChI=1S/C34H30FN7O4/c1-40-27-9-5-4-8-26(27)37-28(40)12-13-46-33-38-31-25(32(39-33)41-17-20-10-11-21(18-41)42(20)34(44)45)16-36-30(29(31)35)24-15-22(43)14-19-6-2-3-7-23(19)24/h2-9,14-16,20-21,43H,10-13,17-18H2,1H3,(H,44,45)/t20-,21+. The topological polar surface area (TPSA) is 130 Å². The molecule has 0 saturated carbocycles. The molecule has 12 heteroatoms. The van der Waals surface area contributed by atoms with Crippen molar-refractivity contribution in [3.63, 3.8) is 0 Å². The molecule has 2 fully saturated rings. The van der Waals surface area contributed by atoms with Gasteiger partial charge in [0.1, 0.15) is 28.6 Å². The molecule has 3 aromatic heterocycles. The molecule has 1 amide bonds. The molecule has 2 N–H and O–H groups in total. The molecule has 2 atom stereocenters. The summed E-state index contributed by atoms with van der Waals surface area (Å²) >= 11 is 0. The molecule has 2 aliphatic heterocycles. The van der Waals surface area contributed by atoms with E-state index in [1.165, 1.54) is 11.0 Å². The Morgan fingerprint density at radius 2 is 1.76 bits per heavy atom. The van der Waals surface area contributed by atoms with Gasteiger partial charge in [-0.3, -0.25) is 9.88 Å². The minimum absolute atomic E-state index is 0.00359. The zero-order chi connectivity index (χ0) is 31.5. The minimum atomic E-state index is -0.929. The van der Waals surface area contributed by atoms with Crippen molar-refractivity contribution >= 4 is 44.6 Å². The van der Waals surface area contributed by atoms with Crippen molar-refractivity contribution < 1.29 is 24.1 Å². The molecule has 3 aromatic carbocycles. The largest absolute Gasteiger partial charge is 0.508 e. The SMILES string of the molecule is Cn1c(CCOc2nc(N3C[C@H]4CC[C@@H](C3)N4C(=O)O)c3cnc(-c4cc(O)cc5ccccc45)c(F)c3n2)nc2ccccc21. The minimum Gasteiger partial charge on any atom is -0.508 e. The van der Waals surface area contributed by atoms with Crippen LogP contribution in [0.1, 0.15) is 18.7 Å². The summed E-state index contributed by atoms with van der Waals surface area (Å²) in [6.45, 7) is 1.03. The van der Waals surface area contributed by atoms with Crippen LogP contribution in [0, 0.1) is 5.82 Å². The second kappa shape index (κ2) is 10.8. The number of ether oxygens (including phenoxy) is 1. The molecule has 232 valence electrons. The summed E-state index contributed by atoms with van der Waals surface area (Å²) in [7, 11) is 1.95. The number of hydrogen-bond acceptors (Lipinski definition) is 8. The van der Waals surface area contributed by atoms with E-state index in [1.54, 1.807) is 12.3 Å². The van der Waals surface area contributed by atoms with Crippen LogP contribution >= 0.6 is 0 Å². The van der Waals surface area contributed by atoms with E-state index >= 15 is 4.39 Å². The fourth-order valence-electron chi connectivity index (χ4n) is 7.05. The zero-order valence-corrected chi connectivity index (χ0v) is 25.0. The number of phenolic OH excluding ortho intramolecular Hbond substituents is 1. The third-order valence-corrected chi connectivity index (χ3v) is 9.18. The summed E-state index contributed by atoms with van der Waals surface area (Å²) in [6, 6.07) is 18.0. The summed E-state index contributed by atoms with van der Waals surface area (Å²) in [6.07, 6.45) is 2.60. The molecule has 0 spiro atoms. The number of carboxylic acid groups (broad SMARTS) is 1. The van der Waals surface area contributed by atoms with E-state index in [4.69, 9.17) is 14.7 Å². The van der Waals surface area contributed by atoms with Gasteiger partial charge in [0, 0.05) is 38.3 Å². The van der Waals surface area contributed by atoms with Crippen LogP contribution in [0.2, 0.25) is 0 Å². The Hall–Kier alpha value is -5.52. The van der Waals surface area contributed by atoms with Gasteiger partial charge in [0.15, 0.2) is 5.82 Å². The van der Waals surface area contributed by atoms with Gasteiger partial charge >= 0.3 is 12.1 Å². The fourth-order valence-corrected chi connectivity index (χ4v) is 7.05. The first-order chi connectivity index (χ1) is 22.4. The van der Waals surface area contributed by atoms with Gasteiger partial charge in [-0.15, -0.1) is 0 Å². The van der Waals surface area contributed by atoms with Gasteiger partial charge in [-0.25, -0.2) is 14.2 Å². The number of imidazole rings is 1. The number of rotatable bonds is 6. The molecule has 11 nitrogen and oxygen atoms in total. The normalized spacial score (nSPS) is 17.8. The van der Waals surface area contributed by atoms with Gasteiger partial charge in [-0.05, 0) is 47.9 Å².